The molecule has 3 aromatic rings. The van der Waals surface area contributed by atoms with Crippen LogP contribution in [0.1, 0.15) is 29.9 Å². The lowest BCUT2D eigenvalue weighted by atomic mass is 10.2. The van der Waals surface area contributed by atoms with E-state index in [-0.39, 0.29) is 12.1 Å². The van der Waals surface area contributed by atoms with Crippen molar-refractivity contribution in [2.45, 2.75) is 32.4 Å². The molecule has 1 fully saturated rings. The van der Waals surface area contributed by atoms with Crippen molar-refractivity contribution in [3.63, 3.8) is 0 Å². The number of rotatable bonds is 4. The SMILES string of the molecule is COC1CC(c2nc(C)no2)N(c2cc(C)nc(-c3cccnc3)n2)C1. The molecule has 0 aromatic carbocycles. The number of ether oxygens (including phenoxy) is 1. The predicted molar refractivity (Wildman–Crippen MR) is 94.5 cm³/mol. The van der Waals surface area contributed by atoms with E-state index in [9.17, 15) is 0 Å². The molecule has 0 radical (unpaired) electrons. The predicted octanol–water partition coefficient (Wildman–Crippen LogP) is 2.50. The Labute approximate surface area is 151 Å². The van der Waals surface area contributed by atoms with Gasteiger partial charge in [-0.1, -0.05) is 5.16 Å². The van der Waals surface area contributed by atoms with Gasteiger partial charge in [-0.05, 0) is 26.0 Å². The lowest BCUT2D eigenvalue weighted by Crippen LogP contribution is -2.26. The van der Waals surface area contributed by atoms with Crippen LogP contribution in [0.3, 0.4) is 0 Å². The molecule has 2 atom stereocenters. The first kappa shape index (κ1) is 16.6. The molecule has 0 bridgehead atoms. The first-order valence-electron chi connectivity index (χ1n) is 8.50. The van der Waals surface area contributed by atoms with E-state index in [1.54, 1.807) is 19.5 Å². The third kappa shape index (κ3) is 3.15. The summed E-state index contributed by atoms with van der Waals surface area (Å²) in [6, 6.07) is 5.72. The second-order valence-electron chi connectivity index (χ2n) is 6.37. The minimum absolute atomic E-state index is 0.0720. The van der Waals surface area contributed by atoms with E-state index in [1.165, 1.54) is 0 Å². The van der Waals surface area contributed by atoms with E-state index >= 15 is 0 Å². The minimum atomic E-state index is -0.0720. The van der Waals surface area contributed by atoms with Crippen LogP contribution in [0.2, 0.25) is 0 Å². The number of anilines is 1. The zero-order chi connectivity index (χ0) is 18.1. The van der Waals surface area contributed by atoms with Gasteiger partial charge in [0.25, 0.3) is 0 Å². The van der Waals surface area contributed by atoms with Gasteiger partial charge in [0.1, 0.15) is 11.9 Å². The molecule has 8 heteroatoms. The molecule has 1 aliphatic rings. The number of methoxy groups -OCH3 is 1. The van der Waals surface area contributed by atoms with E-state index in [1.807, 2.05) is 32.0 Å². The Kier molecular flexibility index (Phi) is 4.34. The molecule has 0 saturated carbocycles. The van der Waals surface area contributed by atoms with Gasteiger partial charge < -0.3 is 14.2 Å². The maximum Gasteiger partial charge on any atom is 0.249 e. The van der Waals surface area contributed by atoms with Gasteiger partial charge in [0.2, 0.25) is 5.89 Å². The lowest BCUT2D eigenvalue weighted by molar-refractivity contribution is 0.117. The van der Waals surface area contributed by atoms with Crippen LogP contribution < -0.4 is 4.90 Å². The van der Waals surface area contributed by atoms with Gasteiger partial charge in [-0.15, -0.1) is 0 Å². The molecule has 0 aliphatic carbocycles. The quantitative estimate of drug-likeness (QED) is 0.707. The van der Waals surface area contributed by atoms with Crippen molar-refractivity contribution >= 4 is 5.82 Å². The largest absolute Gasteiger partial charge is 0.380 e. The van der Waals surface area contributed by atoms with Gasteiger partial charge in [0, 0.05) is 49.8 Å². The maximum atomic E-state index is 5.58. The molecule has 2 unspecified atom stereocenters. The second-order valence-corrected chi connectivity index (χ2v) is 6.37. The van der Waals surface area contributed by atoms with Gasteiger partial charge in [0.15, 0.2) is 11.6 Å². The highest BCUT2D eigenvalue weighted by molar-refractivity contribution is 5.57. The number of hydrogen-bond donors (Lipinski definition) is 0. The number of aromatic nitrogens is 5. The van der Waals surface area contributed by atoms with Crippen LogP contribution in [-0.4, -0.2) is 44.9 Å². The van der Waals surface area contributed by atoms with Crippen LogP contribution in [-0.2, 0) is 4.74 Å². The normalized spacial score (nSPS) is 19.9. The highest BCUT2D eigenvalue weighted by Crippen LogP contribution is 2.36. The Bertz CT molecular complexity index is 898. The molecular formula is C18H20N6O2. The third-order valence-corrected chi connectivity index (χ3v) is 4.48. The summed E-state index contributed by atoms with van der Waals surface area (Å²) in [4.78, 5) is 20.0. The average molecular weight is 352 g/mol. The van der Waals surface area contributed by atoms with Gasteiger partial charge >= 0.3 is 0 Å². The first-order valence-corrected chi connectivity index (χ1v) is 8.50. The molecule has 134 valence electrons. The van der Waals surface area contributed by atoms with E-state index in [4.69, 9.17) is 14.2 Å². The summed E-state index contributed by atoms with van der Waals surface area (Å²) in [5.74, 6) is 2.67. The smallest absolute Gasteiger partial charge is 0.249 e. The number of pyridine rings is 1. The Morgan fingerprint density at radius 1 is 1.23 bits per heavy atom. The standard InChI is InChI=1S/C18H20N6O2/c1-11-7-16(22-17(20-11)13-5-4-6-19-9-13)24-10-14(25-3)8-15(24)18-21-12(2)23-26-18/h4-7,9,14-15H,8,10H2,1-3H3. The fraction of sp³-hybridized carbons (Fsp3) is 0.389. The fourth-order valence-electron chi connectivity index (χ4n) is 3.23. The van der Waals surface area contributed by atoms with Crippen molar-refractivity contribution in [3.05, 3.63) is 48.0 Å². The van der Waals surface area contributed by atoms with Crippen LogP contribution >= 0.6 is 0 Å². The lowest BCUT2D eigenvalue weighted by Gasteiger charge is -2.23. The summed E-state index contributed by atoms with van der Waals surface area (Å²) in [5, 5.41) is 3.93. The van der Waals surface area contributed by atoms with Gasteiger partial charge in [-0.2, -0.15) is 4.98 Å². The van der Waals surface area contributed by atoms with E-state index in [0.717, 1.165) is 23.5 Å². The molecule has 4 heterocycles. The van der Waals surface area contributed by atoms with Crippen LogP contribution in [0.15, 0.2) is 35.1 Å². The average Bonchev–Trinajstić information content (AvgIpc) is 3.28. The first-order chi connectivity index (χ1) is 12.6. The van der Waals surface area contributed by atoms with Crippen LogP contribution in [0.25, 0.3) is 11.4 Å². The zero-order valence-corrected chi connectivity index (χ0v) is 15.0. The Hall–Kier alpha value is -2.87. The van der Waals surface area contributed by atoms with Crippen molar-refractivity contribution < 1.29 is 9.26 Å². The molecule has 1 aliphatic heterocycles. The molecule has 0 spiro atoms. The van der Waals surface area contributed by atoms with Gasteiger partial charge in [-0.3, -0.25) is 4.98 Å². The summed E-state index contributed by atoms with van der Waals surface area (Å²) in [6.45, 7) is 4.47. The molecular weight excluding hydrogens is 332 g/mol. The van der Waals surface area contributed by atoms with Crippen molar-refractivity contribution in [3.8, 4) is 11.4 Å². The molecule has 3 aromatic heterocycles. The summed E-state index contributed by atoms with van der Waals surface area (Å²) in [5.41, 5.74) is 1.76. The molecule has 8 nitrogen and oxygen atoms in total. The second kappa shape index (κ2) is 6.80. The van der Waals surface area contributed by atoms with Crippen molar-refractivity contribution in [2.75, 3.05) is 18.6 Å². The van der Waals surface area contributed by atoms with Crippen molar-refractivity contribution in [1.29, 1.82) is 0 Å². The summed E-state index contributed by atoms with van der Waals surface area (Å²) < 4.78 is 11.0. The number of aryl methyl sites for hydroxylation is 2. The molecule has 1 saturated heterocycles. The fourth-order valence-corrected chi connectivity index (χ4v) is 3.23. The van der Waals surface area contributed by atoms with Crippen LogP contribution in [0, 0.1) is 13.8 Å². The van der Waals surface area contributed by atoms with Crippen LogP contribution in [0.5, 0.6) is 0 Å². The molecule has 26 heavy (non-hydrogen) atoms. The molecule has 0 N–H and O–H groups in total. The highest BCUT2D eigenvalue weighted by atomic mass is 16.5. The third-order valence-electron chi connectivity index (χ3n) is 4.48. The monoisotopic (exact) mass is 352 g/mol. The maximum absolute atomic E-state index is 5.58. The van der Waals surface area contributed by atoms with Gasteiger partial charge in [0.05, 0.1) is 6.10 Å². The van der Waals surface area contributed by atoms with E-state index in [2.05, 4.69) is 25.0 Å². The zero-order valence-electron chi connectivity index (χ0n) is 15.0. The Balaban J connectivity index is 1.73. The summed E-state index contributed by atoms with van der Waals surface area (Å²) in [6.07, 6.45) is 4.34. The Morgan fingerprint density at radius 3 is 2.81 bits per heavy atom. The van der Waals surface area contributed by atoms with Crippen LogP contribution in [0.4, 0.5) is 5.82 Å². The van der Waals surface area contributed by atoms with Crippen molar-refractivity contribution in [1.82, 2.24) is 25.1 Å². The Morgan fingerprint density at radius 2 is 2.12 bits per heavy atom. The highest BCUT2D eigenvalue weighted by Gasteiger charge is 2.37. The minimum Gasteiger partial charge on any atom is -0.380 e. The summed E-state index contributed by atoms with van der Waals surface area (Å²) in [7, 11) is 1.72. The number of hydrogen-bond acceptors (Lipinski definition) is 8. The summed E-state index contributed by atoms with van der Waals surface area (Å²) >= 11 is 0. The molecule has 0 amide bonds. The number of nitrogens with zero attached hydrogens (tertiary/aromatic N) is 6. The van der Waals surface area contributed by atoms with Gasteiger partial charge in [-0.25, -0.2) is 9.97 Å². The topological polar surface area (TPSA) is 90.1 Å². The van der Waals surface area contributed by atoms with Crippen molar-refractivity contribution in [2.24, 2.45) is 0 Å². The van der Waals surface area contributed by atoms with E-state index < -0.39 is 0 Å². The molecule has 4 rings (SSSR count). The van der Waals surface area contributed by atoms with E-state index in [0.29, 0.717) is 24.1 Å².